The molecule has 0 saturated carbocycles. The number of esters is 1. The van der Waals surface area contributed by atoms with Crippen molar-refractivity contribution in [3.63, 3.8) is 0 Å². The van der Waals surface area contributed by atoms with Crippen molar-refractivity contribution in [1.82, 2.24) is 0 Å². The molecule has 1 atom stereocenters. The summed E-state index contributed by atoms with van der Waals surface area (Å²) in [4.78, 5) is 21.6. The van der Waals surface area contributed by atoms with Gasteiger partial charge < -0.3 is 4.74 Å². The largest absolute Gasteiger partial charge is 0.427 e. The normalized spacial score (nSPS) is 11.9. The van der Waals surface area contributed by atoms with Gasteiger partial charge in [0.1, 0.15) is 5.75 Å². The Morgan fingerprint density at radius 3 is 2.53 bits per heavy atom. The Bertz CT molecular complexity index is 428. The van der Waals surface area contributed by atoms with E-state index < -0.39 is 4.92 Å². The van der Waals surface area contributed by atoms with Crippen LogP contribution in [0.1, 0.15) is 39.5 Å². The van der Waals surface area contributed by atoms with Crippen molar-refractivity contribution >= 4 is 11.7 Å². The maximum atomic E-state index is 11.6. The van der Waals surface area contributed by atoms with Gasteiger partial charge in [0.2, 0.25) is 0 Å². The van der Waals surface area contributed by atoms with Crippen molar-refractivity contribution in [2.24, 2.45) is 5.92 Å². The number of carbonyl (C=O) groups excluding carboxylic acids is 1. The number of non-ortho nitro benzene ring substituents is 1. The lowest BCUT2D eigenvalue weighted by molar-refractivity contribution is -0.384. The fourth-order valence-electron chi connectivity index (χ4n) is 1.75. The molecule has 0 aliphatic heterocycles. The first-order chi connectivity index (χ1) is 9.02. The molecule has 5 nitrogen and oxygen atoms in total. The van der Waals surface area contributed by atoms with Gasteiger partial charge in [-0.3, -0.25) is 14.9 Å². The van der Waals surface area contributed by atoms with Crippen molar-refractivity contribution in [1.29, 1.82) is 0 Å². The van der Waals surface area contributed by atoms with Crippen LogP contribution in [0.3, 0.4) is 0 Å². The van der Waals surface area contributed by atoms with Gasteiger partial charge in [0.05, 0.1) is 4.92 Å². The fourth-order valence-corrected chi connectivity index (χ4v) is 1.75. The molecule has 0 amide bonds. The molecule has 0 heterocycles. The predicted molar refractivity (Wildman–Crippen MR) is 72.0 cm³/mol. The summed E-state index contributed by atoms with van der Waals surface area (Å²) in [5.41, 5.74) is -0.0175. The lowest BCUT2D eigenvalue weighted by Crippen LogP contribution is -2.12. The van der Waals surface area contributed by atoms with E-state index >= 15 is 0 Å². The molecule has 0 saturated heterocycles. The van der Waals surface area contributed by atoms with E-state index in [1.165, 1.54) is 24.3 Å². The molecule has 0 aliphatic carbocycles. The average molecular weight is 265 g/mol. The summed E-state index contributed by atoms with van der Waals surface area (Å²) in [6.45, 7) is 4.13. The van der Waals surface area contributed by atoms with Gasteiger partial charge in [-0.05, 0) is 18.1 Å². The molecule has 0 unspecified atom stereocenters. The second kappa shape index (κ2) is 7.51. The summed E-state index contributed by atoms with van der Waals surface area (Å²) >= 11 is 0. The average Bonchev–Trinajstić information content (AvgIpc) is 2.36. The number of nitrogens with zero attached hydrogens (tertiary/aromatic N) is 1. The molecule has 0 bridgehead atoms. The summed E-state index contributed by atoms with van der Waals surface area (Å²) in [5.74, 6) is 0.348. The molecule has 1 rings (SSSR count). The van der Waals surface area contributed by atoms with Crippen LogP contribution in [0.2, 0.25) is 0 Å². The summed E-state index contributed by atoms with van der Waals surface area (Å²) in [6.07, 6.45) is 3.59. The van der Waals surface area contributed by atoms with Crippen molar-refractivity contribution in [2.45, 2.75) is 39.5 Å². The first-order valence-corrected chi connectivity index (χ1v) is 6.48. The molecule has 0 aromatic heterocycles. The van der Waals surface area contributed by atoms with Crippen LogP contribution in [-0.4, -0.2) is 10.9 Å². The molecule has 0 radical (unpaired) electrons. The first kappa shape index (κ1) is 15.1. The van der Waals surface area contributed by atoms with Gasteiger partial charge >= 0.3 is 5.97 Å². The van der Waals surface area contributed by atoms with E-state index in [0.29, 0.717) is 18.1 Å². The predicted octanol–water partition coefficient (Wildman–Crippen LogP) is 3.72. The van der Waals surface area contributed by atoms with E-state index in [0.717, 1.165) is 19.3 Å². The molecule has 0 aliphatic rings. The Labute approximate surface area is 112 Å². The van der Waals surface area contributed by atoms with Gasteiger partial charge in [0.25, 0.3) is 5.69 Å². The van der Waals surface area contributed by atoms with Crippen LogP contribution in [0.15, 0.2) is 24.3 Å². The molecule has 19 heavy (non-hydrogen) atoms. The molecule has 0 spiro atoms. The highest BCUT2D eigenvalue weighted by Gasteiger charge is 2.12. The van der Waals surface area contributed by atoms with Crippen molar-refractivity contribution in [3.8, 4) is 5.75 Å². The molecule has 0 N–H and O–H groups in total. The Morgan fingerprint density at radius 1 is 1.37 bits per heavy atom. The van der Waals surface area contributed by atoms with Crippen LogP contribution in [0.25, 0.3) is 0 Å². The molecule has 5 heteroatoms. The maximum absolute atomic E-state index is 11.6. The van der Waals surface area contributed by atoms with Gasteiger partial charge in [0.15, 0.2) is 0 Å². The number of rotatable bonds is 7. The molecule has 104 valence electrons. The standard InChI is InChI=1S/C14H19NO4/c1-3-4-5-11(2)10-14(16)19-13-8-6-12(7-9-13)15(17)18/h6-9,11H,3-5,10H2,1-2H3/t11-/m0/s1. The topological polar surface area (TPSA) is 69.4 Å². The second-order valence-electron chi connectivity index (χ2n) is 4.68. The summed E-state index contributed by atoms with van der Waals surface area (Å²) in [5, 5.41) is 10.5. The molecule has 1 aromatic carbocycles. The van der Waals surface area contributed by atoms with E-state index in [1.54, 1.807) is 0 Å². The van der Waals surface area contributed by atoms with E-state index in [1.807, 2.05) is 6.92 Å². The lowest BCUT2D eigenvalue weighted by atomic mass is 10.0. The minimum absolute atomic E-state index is 0.0175. The van der Waals surface area contributed by atoms with E-state index in [-0.39, 0.29) is 11.7 Å². The van der Waals surface area contributed by atoms with Gasteiger partial charge in [-0.1, -0.05) is 33.1 Å². The highest BCUT2D eigenvalue weighted by atomic mass is 16.6. The number of benzene rings is 1. The SMILES string of the molecule is CCCC[C@H](C)CC(=O)Oc1ccc([N+](=O)[O-])cc1. The summed E-state index contributed by atoms with van der Waals surface area (Å²) in [7, 11) is 0. The summed E-state index contributed by atoms with van der Waals surface area (Å²) < 4.78 is 5.14. The van der Waals surface area contributed by atoms with Crippen LogP contribution in [0, 0.1) is 16.0 Å². The van der Waals surface area contributed by atoms with Crippen LogP contribution in [0.4, 0.5) is 5.69 Å². The third-order valence-corrected chi connectivity index (χ3v) is 2.84. The van der Waals surface area contributed by atoms with Gasteiger partial charge in [-0.25, -0.2) is 0 Å². The Hall–Kier alpha value is -1.91. The quantitative estimate of drug-likeness (QED) is 0.326. The number of unbranched alkanes of at least 4 members (excludes halogenated alkanes) is 1. The minimum Gasteiger partial charge on any atom is -0.427 e. The number of nitro groups is 1. The number of carbonyl (C=O) groups is 1. The number of hydrogen-bond acceptors (Lipinski definition) is 4. The van der Waals surface area contributed by atoms with Gasteiger partial charge in [-0.2, -0.15) is 0 Å². The zero-order valence-corrected chi connectivity index (χ0v) is 11.3. The van der Waals surface area contributed by atoms with Gasteiger partial charge in [-0.15, -0.1) is 0 Å². The molecule has 0 fully saturated rings. The Balaban J connectivity index is 2.45. The minimum atomic E-state index is -0.488. The van der Waals surface area contributed by atoms with Crippen LogP contribution in [-0.2, 0) is 4.79 Å². The highest BCUT2D eigenvalue weighted by Crippen LogP contribution is 2.19. The molecule has 1 aromatic rings. The number of ether oxygens (including phenoxy) is 1. The monoisotopic (exact) mass is 265 g/mol. The molecular weight excluding hydrogens is 246 g/mol. The summed E-state index contributed by atoms with van der Waals surface area (Å²) in [6, 6.07) is 5.52. The number of nitro benzene ring substituents is 1. The van der Waals surface area contributed by atoms with Crippen LogP contribution in [0.5, 0.6) is 5.75 Å². The van der Waals surface area contributed by atoms with Crippen molar-refractivity contribution < 1.29 is 14.5 Å². The van der Waals surface area contributed by atoms with Crippen molar-refractivity contribution in [2.75, 3.05) is 0 Å². The molecular formula is C14H19NO4. The first-order valence-electron chi connectivity index (χ1n) is 6.48. The Morgan fingerprint density at radius 2 is 2.00 bits per heavy atom. The number of hydrogen-bond donors (Lipinski definition) is 0. The van der Waals surface area contributed by atoms with E-state index in [9.17, 15) is 14.9 Å². The third kappa shape index (κ3) is 5.50. The maximum Gasteiger partial charge on any atom is 0.311 e. The zero-order valence-electron chi connectivity index (χ0n) is 11.3. The lowest BCUT2D eigenvalue weighted by Gasteiger charge is -2.10. The van der Waals surface area contributed by atoms with E-state index in [4.69, 9.17) is 4.74 Å². The fraction of sp³-hybridized carbons (Fsp3) is 0.500. The van der Waals surface area contributed by atoms with Crippen LogP contribution < -0.4 is 4.74 Å². The van der Waals surface area contributed by atoms with Crippen molar-refractivity contribution in [3.05, 3.63) is 34.4 Å². The van der Waals surface area contributed by atoms with E-state index in [2.05, 4.69) is 6.92 Å². The third-order valence-electron chi connectivity index (χ3n) is 2.84. The Kier molecular flexibility index (Phi) is 5.99. The second-order valence-corrected chi connectivity index (χ2v) is 4.68. The zero-order chi connectivity index (χ0) is 14.3. The van der Waals surface area contributed by atoms with Crippen LogP contribution >= 0.6 is 0 Å². The van der Waals surface area contributed by atoms with Gasteiger partial charge in [0, 0.05) is 18.6 Å². The highest BCUT2D eigenvalue weighted by molar-refractivity contribution is 5.72. The smallest absolute Gasteiger partial charge is 0.311 e.